The average molecular weight is 286 g/mol. The maximum atomic E-state index is 11.7. The van der Waals surface area contributed by atoms with Crippen LogP contribution < -0.4 is 0 Å². The molecule has 21 heavy (non-hydrogen) atoms. The van der Waals surface area contributed by atoms with Crippen LogP contribution in [0.1, 0.15) is 51.0 Å². The van der Waals surface area contributed by atoms with Crippen LogP contribution in [-0.4, -0.2) is 17.0 Å². The lowest BCUT2D eigenvalue weighted by Gasteiger charge is -2.48. The van der Waals surface area contributed by atoms with E-state index in [1.54, 1.807) is 6.92 Å². The van der Waals surface area contributed by atoms with Gasteiger partial charge in [0.05, 0.1) is 6.10 Å². The summed E-state index contributed by atoms with van der Waals surface area (Å²) in [5.41, 5.74) is 1.41. The highest BCUT2D eigenvalue weighted by Gasteiger charge is 2.45. The van der Waals surface area contributed by atoms with Crippen molar-refractivity contribution < 1.29 is 9.90 Å². The summed E-state index contributed by atoms with van der Waals surface area (Å²) >= 11 is 0. The van der Waals surface area contributed by atoms with Crippen LogP contribution >= 0.6 is 0 Å². The third kappa shape index (κ3) is 2.78. The first-order valence-electron chi connectivity index (χ1n) is 8.31. The zero-order valence-corrected chi connectivity index (χ0v) is 13.0. The van der Waals surface area contributed by atoms with Gasteiger partial charge in [0.2, 0.25) is 0 Å². The maximum absolute atomic E-state index is 11.7. The molecule has 2 nitrogen and oxygen atoms in total. The van der Waals surface area contributed by atoms with Crippen LogP contribution in [0.2, 0.25) is 0 Å². The predicted octanol–water partition coefficient (Wildman–Crippen LogP) is 3.79. The quantitative estimate of drug-likeness (QED) is 0.898. The second-order valence-electron chi connectivity index (χ2n) is 7.17. The summed E-state index contributed by atoms with van der Waals surface area (Å²) in [7, 11) is 0. The highest BCUT2D eigenvalue weighted by Crippen LogP contribution is 2.51. The molecule has 0 spiro atoms. The lowest BCUT2D eigenvalue weighted by atomic mass is 9.57. The second-order valence-corrected chi connectivity index (χ2v) is 7.17. The summed E-state index contributed by atoms with van der Waals surface area (Å²) in [6, 6.07) is 10.8. The van der Waals surface area contributed by atoms with E-state index in [1.165, 1.54) is 18.4 Å². The van der Waals surface area contributed by atoms with Gasteiger partial charge in [-0.3, -0.25) is 4.79 Å². The van der Waals surface area contributed by atoms with Crippen molar-refractivity contribution in [3.05, 3.63) is 35.9 Å². The Kier molecular flexibility index (Phi) is 4.17. The van der Waals surface area contributed by atoms with E-state index in [9.17, 15) is 9.90 Å². The molecule has 0 heterocycles. The topological polar surface area (TPSA) is 37.3 Å². The normalized spacial score (nSPS) is 39.6. The lowest BCUT2D eigenvalue weighted by molar-refractivity contribution is -0.129. The molecule has 3 rings (SSSR count). The largest absolute Gasteiger partial charge is 0.392 e. The summed E-state index contributed by atoms with van der Waals surface area (Å²) in [5.74, 6) is 2.36. The highest BCUT2D eigenvalue weighted by molar-refractivity contribution is 5.79. The summed E-state index contributed by atoms with van der Waals surface area (Å²) in [4.78, 5) is 11.7. The molecule has 2 aliphatic rings. The summed E-state index contributed by atoms with van der Waals surface area (Å²) in [5, 5.41) is 10.4. The molecule has 1 aromatic carbocycles. The average Bonchev–Trinajstić information content (AvgIpc) is 2.47. The molecule has 0 bridgehead atoms. The van der Waals surface area contributed by atoms with E-state index < -0.39 is 6.10 Å². The van der Waals surface area contributed by atoms with Gasteiger partial charge in [-0.25, -0.2) is 0 Å². The van der Waals surface area contributed by atoms with Crippen LogP contribution in [0.25, 0.3) is 0 Å². The van der Waals surface area contributed by atoms with Gasteiger partial charge in [-0.05, 0) is 61.8 Å². The van der Waals surface area contributed by atoms with Gasteiger partial charge in [0.25, 0.3) is 0 Å². The fourth-order valence-corrected chi connectivity index (χ4v) is 4.83. The molecule has 1 aromatic rings. The maximum Gasteiger partial charge on any atom is 0.135 e. The zero-order valence-electron chi connectivity index (χ0n) is 13.0. The molecule has 2 heteroatoms. The van der Waals surface area contributed by atoms with Gasteiger partial charge in [-0.2, -0.15) is 0 Å². The number of carbonyl (C=O) groups is 1. The van der Waals surface area contributed by atoms with Crippen molar-refractivity contribution in [3.63, 3.8) is 0 Å². The number of hydrogen-bond donors (Lipinski definition) is 1. The SMILES string of the molecule is CC(=O)C1CC2CCC(C)C(c3ccccc3)C2CC1O. The first-order chi connectivity index (χ1) is 10.1. The predicted molar refractivity (Wildman–Crippen MR) is 84.0 cm³/mol. The minimum absolute atomic E-state index is 0.129. The molecule has 6 unspecified atom stereocenters. The molecule has 0 radical (unpaired) electrons. The van der Waals surface area contributed by atoms with Crippen molar-refractivity contribution in [2.75, 3.05) is 0 Å². The first kappa shape index (κ1) is 14.8. The van der Waals surface area contributed by atoms with E-state index in [1.807, 2.05) is 0 Å². The summed E-state index contributed by atoms with van der Waals surface area (Å²) in [6.45, 7) is 3.98. The van der Waals surface area contributed by atoms with Crippen LogP contribution in [-0.2, 0) is 4.79 Å². The third-order valence-electron chi connectivity index (χ3n) is 5.91. The smallest absolute Gasteiger partial charge is 0.135 e. The Morgan fingerprint density at radius 2 is 1.86 bits per heavy atom. The van der Waals surface area contributed by atoms with Crippen LogP contribution in [0.4, 0.5) is 0 Å². The van der Waals surface area contributed by atoms with E-state index in [2.05, 4.69) is 37.3 Å². The van der Waals surface area contributed by atoms with E-state index >= 15 is 0 Å². The number of carbonyl (C=O) groups excluding carboxylic acids is 1. The van der Waals surface area contributed by atoms with Crippen LogP contribution in [0, 0.1) is 23.7 Å². The molecular formula is C19H26O2. The fourth-order valence-electron chi connectivity index (χ4n) is 4.83. The zero-order chi connectivity index (χ0) is 15.0. The van der Waals surface area contributed by atoms with Crippen molar-refractivity contribution >= 4 is 5.78 Å². The summed E-state index contributed by atoms with van der Waals surface area (Å²) in [6.07, 6.45) is 3.68. The van der Waals surface area contributed by atoms with Crippen molar-refractivity contribution in [1.82, 2.24) is 0 Å². The molecule has 114 valence electrons. The van der Waals surface area contributed by atoms with E-state index in [0.29, 0.717) is 23.7 Å². The van der Waals surface area contributed by atoms with Crippen LogP contribution in [0.3, 0.4) is 0 Å². The number of rotatable bonds is 2. The number of Topliss-reactive ketones (excluding diaryl/α,β-unsaturated/α-hetero) is 1. The molecular weight excluding hydrogens is 260 g/mol. The molecule has 2 saturated carbocycles. The Morgan fingerprint density at radius 3 is 2.52 bits per heavy atom. The van der Waals surface area contributed by atoms with Gasteiger partial charge >= 0.3 is 0 Å². The van der Waals surface area contributed by atoms with E-state index in [4.69, 9.17) is 0 Å². The van der Waals surface area contributed by atoms with Gasteiger partial charge in [-0.1, -0.05) is 37.3 Å². The van der Waals surface area contributed by atoms with Gasteiger partial charge in [0.1, 0.15) is 5.78 Å². The fraction of sp³-hybridized carbons (Fsp3) is 0.632. The molecule has 0 saturated heterocycles. The number of ketones is 1. The van der Waals surface area contributed by atoms with Crippen molar-refractivity contribution in [2.45, 2.75) is 51.6 Å². The number of benzene rings is 1. The number of aliphatic hydroxyl groups excluding tert-OH is 1. The van der Waals surface area contributed by atoms with Gasteiger partial charge in [0.15, 0.2) is 0 Å². The lowest BCUT2D eigenvalue weighted by Crippen LogP contribution is -2.44. The van der Waals surface area contributed by atoms with Gasteiger partial charge < -0.3 is 5.11 Å². The Bertz CT molecular complexity index is 496. The second kappa shape index (κ2) is 5.92. The van der Waals surface area contributed by atoms with E-state index in [-0.39, 0.29) is 11.7 Å². The Labute approximate surface area is 127 Å². The van der Waals surface area contributed by atoms with Gasteiger partial charge in [0, 0.05) is 5.92 Å². The Hall–Kier alpha value is -1.15. The molecule has 2 aliphatic carbocycles. The molecule has 6 atom stereocenters. The molecule has 0 aliphatic heterocycles. The number of aliphatic hydroxyl groups is 1. The van der Waals surface area contributed by atoms with Crippen LogP contribution in [0.15, 0.2) is 30.3 Å². The van der Waals surface area contributed by atoms with Crippen molar-refractivity contribution in [1.29, 1.82) is 0 Å². The standard InChI is InChI=1S/C19H26O2/c1-12-8-9-15-10-16(13(2)20)18(21)11-17(15)19(12)14-6-4-3-5-7-14/h3-7,12,15-19,21H,8-11H2,1-2H3. The monoisotopic (exact) mass is 286 g/mol. The van der Waals surface area contributed by atoms with Crippen molar-refractivity contribution in [3.8, 4) is 0 Å². The Morgan fingerprint density at radius 1 is 1.14 bits per heavy atom. The minimum atomic E-state index is -0.444. The first-order valence-corrected chi connectivity index (χ1v) is 8.31. The molecule has 2 fully saturated rings. The van der Waals surface area contributed by atoms with Crippen LogP contribution in [0.5, 0.6) is 0 Å². The highest BCUT2D eigenvalue weighted by atomic mass is 16.3. The minimum Gasteiger partial charge on any atom is -0.392 e. The molecule has 1 N–H and O–H groups in total. The molecule has 0 aromatic heterocycles. The Balaban J connectivity index is 1.86. The number of hydrogen-bond acceptors (Lipinski definition) is 2. The van der Waals surface area contributed by atoms with Gasteiger partial charge in [-0.15, -0.1) is 0 Å². The van der Waals surface area contributed by atoms with E-state index in [0.717, 1.165) is 12.8 Å². The molecule has 0 amide bonds. The number of fused-ring (bicyclic) bond motifs is 1. The third-order valence-corrected chi connectivity index (χ3v) is 5.91. The van der Waals surface area contributed by atoms with Crippen molar-refractivity contribution in [2.24, 2.45) is 23.7 Å². The summed E-state index contributed by atoms with van der Waals surface area (Å²) < 4.78 is 0.